The first kappa shape index (κ1) is 18.6. The summed E-state index contributed by atoms with van der Waals surface area (Å²) < 4.78 is 1.25. The molecule has 4 nitrogen and oxygen atoms in total. The highest BCUT2D eigenvalue weighted by Crippen LogP contribution is 2.34. The van der Waals surface area contributed by atoms with Crippen LogP contribution in [0.2, 0.25) is 0 Å². The Labute approximate surface area is 169 Å². The molecule has 0 unspecified atom stereocenters. The number of pyridine rings is 1. The first-order valence-corrected chi connectivity index (χ1v) is 9.56. The normalized spacial score (nSPS) is 10.9. The van der Waals surface area contributed by atoms with Crippen LogP contribution >= 0.6 is 0 Å². The number of fused-ring (bicyclic) bond motifs is 2. The van der Waals surface area contributed by atoms with Crippen molar-refractivity contribution < 1.29 is 14.5 Å². The number of para-hydroxylation sites is 1. The maximum absolute atomic E-state index is 12.0. The quantitative estimate of drug-likeness (QED) is 0.395. The Morgan fingerprint density at radius 3 is 2.38 bits per heavy atom. The second-order valence-electron chi connectivity index (χ2n) is 7.31. The third-order valence-corrected chi connectivity index (χ3v) is 5.37. The molecular weight excluding hydrogens is 360 g/mol. The lowest BCUT2D eigenvalue weighted by Crippen LogP contribution is -2.52. The van der Waals surface area contributed by atoms with Crippen molar-refractivity contribution in [2.45, 2.75) is 26.7 Å². The fourth-order valence-electron chi connectivity index (χ4n) is 4.24. The predicted molar refractivity (Wildman–Crippen MR) is 111 cm³/mol. The summed E-state index contributed by atoms with van der Waals surface area (Å²) in [6.45, 7) is 4.12. The molecule has 4 rings (SSSR count). The predicted octanol–water partition coefficient (Wildman–Crippen LogP) is 4.21. The molecule has 0 radical (unpaired) electrons. The molecule has 0 bridgehead atoms. The van der Waals surface area contributed by atoms with Gasteiger partial charge in [0.15, 0.2) is 0 Å². The number of nitriles is 1. The summed E-state index contributed by atoms with van der Waals surface area (Å²) in [6.07, 6.45) is -0.0304. The van der Waals surface area contributed by atoms with E-state index in [0.717, 1.165) is 45.0 Å². The summed E-state index contributed by atoms with van der Waals surface area (Å²) in [5, 5.41) is 22.6. The Hall–Kier alpha value is -3.71. The number of aromatic nitrogens is 1. The van der Waals surface area contributed by atoms with Gasteiger partial charge in [-0.25, -0.2) is 0 Å². The Bertz CT molecular complexity index is 1290. The molecule has 0 aliphatic rings. The van der Waals surface area contributed by atoms with Gasteiger partial charge in [-0.15, -0.1) is 4.57 Å². The van der Waals surface area contributed by atoms with E-state index < -0.39 is 6.09 Å². The van der Waals surface area contributed by atoms with Gasteiger partial charge in [-0.3, -0.25) is 0 Å². The van der Waals surface area contributed by atoms with E-state index in [1.165, 1.54) is 4.57 Å². The Morgan fingerprint density at radius 1 is 1.00 bits per heavy atom. The maximum atomic E-state index is 12.0. The topological polar surface area (TPSA) is 67.8 Å². The molecule has 4 aromatic rings. The van der Waals surface area contributed by atoms with Gasteiger partial charge in [0.05, 0.1) is 11.5 Å². The van der Waals surface area contributed by atoms with Gasteiger partial charge >= 0.3 is 6.09 Å². The Morgan fingerprint density at radius 2 is 1.69 bits per heavy atom. The molecule has 1 aromatic heterocycles. The monoisotopic (exact) mass is 380 g/mol. The summed E-state index contributed by atoms with van der Waals surface area (Å²) in [7, 11) is 0. The Kier molecular flexibility index (Phi) is 4.74. The van der Waals surface area contributed by atoms with Gasteiger partial charge in [0, 0.05) is 23.9 Å². The van der Waals surface area contributed by atoms with Crippen molar-refractivity contribution in [2.75, 3.05) is 0 Å². The van der Waals surface area contributed by atoms with Crippen molar-refractivity contribution in [3.05, 3.63) is 77.4 Å². The van der Waals surface area contributed by atoms with Crippen molar-refractivity contribution in [1.29, 1.82) is 5.26 Å². The summed E-state index contributed by atoms with van der Waals surface area (Å²) in [6, 6.07) is 21.6. The van der Waals surface area contributed by atoms with Crippen LogP contribution in [0, 0.1) is 25.2 Å². The van der Waals surface area contributed by atoms with E-state index in [9.17, 15) is 9.90 Å². The van der Waals surface area contributed by atoms with Gasteiger partial charge in [-0.05, 0) is 60.2 Å². The highest BCUT2D eigenvalue weighted by molar-refractivity contribution is 6.00. The SMILES string of the molecule is Cc1cc(CCC#N)cc(C)c1-c1cccc2c1cc1ccccc1[n+]2C(=O)[O-]. The van der Waals surface area contributed by atoms with Crippen molar-refractivity contribution in [2.24, 2.45) is 0 Å². The average Bonchev–Trinajstić information content (AvgIpc) is 2.70. The highest BCUT2D eigenvalue weighted by Gasteiger charge is 2.20. The van der Waals surface area contributed by atoms with Crippen LogP contribution in [0.3, 0.4) is 0 Å². The molecule has 0 fully saturated rings. The minimum Gasteiger partial charge on any atom is -0.490 e. The lowest BCUT2D eigenvalue weighted by Gasteiger charge is -2.15. The molecule has 1 heterocycles. The number of benzene rings is 3. The van der Waals surface area contributed by atoms with Gasteiger partial charge in [-0.1, -0.05) is 36.4 Å². The number of rotatable bonds is 3. The lowest BCUT2D eigenvalue weighted by molar-refractivity contribution is -0.585. The maximum Gasteiger partial charge on any atom is 0.344 e. The van der Waals surface area contributed by atoms with Crippen molar-refractivity contribution in [1.82, 2.24) is 0 Å². The third kappa shape index (κ3) is 3.21. The van der Waals surface area contributed by atoms with Crippen molar-refractivity contribution >= 4 is 27.9 Å². The van der Waals surface area contributed by atoms with E-state index in [1.807, 2.05) is 42.5 Å². The number of aryl methyl sites for hydroxylation is 3. The molecule has 0 spiro atoms. The van der Waals surface area contributed by atoms with Crippen LogP contribution in [0.25, 0.3) is 32.9 Å². The zero-order valence-electron chi connectivity index (χ0n) is 16.4. The molecule has 29 heavy (non-hydrogen) atoms. The third-order valence-electron chi connectivity index (χ3n) is 5.37. The van der Waals surface area contributed by atoms with Crippen LogP contribution < -0.4 is 9.67 Å². The number of nitrogens with zero attached hydrogens (tertiary/aromatic N) is 2. The van der Waals surface area contributed by atoms with Crippen LogP contribution in [0.4, 0.5) is 4.79 Å². The molecule has 0 saturated heterocycles. The van der Waals surface area contributed by atoms with E-state index in [0.29, 0.717) is 17.5 Å². The van der Waals surface area contributed by atoms with Crippen LogP contribution in [0.15, 0.2) is 60.7 Å². The highest BCUT2D eigenvalue weighted by atomic mass is 16.4. The van der Waals surface area contributed by atoms with Crippen LogP contribution in [0.5, 0.6) is 0 Å². The molecule has 142 valence electrons. The van der Waals surface area contributed by atoms with Crippen LogP contribution in [-0.4, -0.2) is 6.09 Å². The summed E-state index contributed by atoms with van der Waals surface area (Å²) in [5.74, 6) is 0. The fraction of sp³-hybridized carbons (Fsp3) is 0.160. The van der Waals surface area contributed by atoms with Gasteiger partial charge in [0.25, 0.3) is 0 Å². The number of carbonyl (C=O) groups excluding carboxylic acids is 1. The van der Waals surface area contributed by atoms with Crippen molar-refractivity contribution in [3.63, 3.8) is 0 Å². The minimum absolute atomic E-state index is 0.490. The molecule has 0 atom stereocenters. The summed E-state index contributed by atoms with van der Waals surface area (Å²) >= 11 is 0. The largest absolute Gasteiger partial charge is 0.490 e. The second-order valence-corrected chi connectivity index (χ2v) is 7.31. The smallest absolute Gasteiger partial charge is 0.344 e. The lowest BCUT2D eigenvalue weighted by atomic mass is 9.90. The number of carbonyl (C=O) groups is 1. The van der Waals surface area contributed by atoms with Crippen molar-refractivity contribution in [3.8, 4) is 17.2 Å². The van der Waals surface area contributed by atoms with Gasteiger partial charge < -0.3 is 9.90 Å². The molecular formula is C25H20N2O2. The van der Waals surface area contributed by atoms with Crippen LogP contribution in [0.1, 0.15) is 23.1 Å². The number of hydrogen-bond donors (Lipinski definition) is 0. The molecule has 0 saturated carbocycles. The molecule has 0 N–H and O–H groups in total. The van der Waals surface area contributed by atoms with E-state index in [1.54, 1.807) is 6.07 Å². The molecule has 4 heteroatoms. The molecule has 0 aliphatic heterocycles. The minimum atomic E-state index is -1.25. The van der Waals surface area contributed by atoms with Crippen LogP contribution in [-0.2, 0) is 6.42 Å². The molecule has 3 aromatic carbocycles. The van der Waals surface area contributed by atoms with Gasteiger partial charge in [-0.2, -0.15) is 5.26 Å². The fourth-order valence-corrected chi connectivity index (χ4v) is 4.24. The first-order valence-electron chi connectivity index (χ1n) is 9.56. The standard InChI is InChI=1S/C25H20N2O2/c1-16-13-18(7-6-12-26)14-17(2)24(16)20-9-5-11-23-21(20)15-19-8-3-4-10-22(19)27(23)25(28)29/h3-5,8-11,13-15H,6-7H2,1-2H3. The molecule has 0 aliphatic carbocycles. The number of hydrogen-bond acceptors (Lipinski definition) is 3. The van der Waals surface area contributed by atoms with E-state index in [2.05, 4.69) is 32.0 Å². The summed E-state index contributed by atoms with van der Waals surface area (Å²) in [5.41, 5.74) is 6.66. The van der Waals surface area contributed by atoms with Gasteiger partial charge in [0.1, 0.15) is 0 Å². The first-order chi connectivity index (χ1) is 14.0. The zero-order chi connectivity index (χ0) is 20.5. The van der Waals surface area contributed by atoms with Gasteiger partial charge in [0.2, 0.25) is 11.0 Å². The second kappa shape index (κ2) is 7.37. The van der Waals surface area contributed by atoms with E-state index in [-0.39, 0.29) is 0 Å². The van der Waals surface area contributed by atoms with E-state index >= 15 is 0 Å². The van der Waals surface area contributed by atoms with E-state index in [4.69, 9.17) is 5.26 Å². The number of carboxylic acid groups (broad SMARTS) is 1. The Balaban J connectivity index is 2.04. The average molecular weight is 380 g/mol. The zero-order valence-corrected chi connectivity index (χ0v) is 16.4. The molecule has 0 amide bonds. The summed E-state index contributed by atoms with van der Waals surface area (Å²) in [4.78, 5) is 12.0.